The number of aromatic nitrogens is 2. The standard InChI is InChI=1S/C13H17N3/c1-11(2)15-13-8-9-14-16(13)10-12-6-4-3-5-7-12/h3-9,11,15H,10H2,1-2H3. The highest BCUT2D eigenvalue weighted by molar-refractivity contribution is 5.35. The molecule has 0 saturated heterocycles. The van der Waals surface area contributed by atoms with Gasteiger partial charge >= 0.3 is 0 Å². The fourth-order valence-electron chi connectivity index (χ4n) is 1.63. The van der Waals surface area contributed by atoms with Crippen LogP contribution in [0.15, 0.2) is 42.6 Å². The molecule has 1 heterocycles. The lowest BCUT2D eigenvalue weighted by Crippen LogP contribution is -2.14. The van der Waals surface area contributed by atoms with Gasteiger partial charge in [-0.15, -0.1) is 0 Å². The molecule has 16 heavy (non-hydrogen) atoms. The van der Waals surface area contributed by atoms with Gasteiger partial charge in [-0.2, -0.15) is 5.10 Å². The first-order chi connectivity index (χ1) is 7.75. The average Bonchev–Trinajstić information content (AvgIpc) is 2.66. The van der Waals surface area contributed by atoms with Gasteiger partial charge < -0.3 is 5.32 Å². The van der Waals surface area contributed by atoms with Gasteiger partial charge in [-0.05, 0) is 19.4 Å². The largest absolute Gasteiger partial charge is 0.368 e. The molecule has 1 N–H and O–H groups in total. The number of benzene rings is 1. The lowest BCUT2D eigenvalue weighted by molar-refractivity contribution is 0.683. The average molecular weight is 215 g/mol. The van der Waals surface area contributed by atoms with E-state index in [9.17, 15) is 0 Å². The van der Waals surface area contributed by atoms with Crippen molar-refractivity contribution in [3.8, 4) is 0 Å². The van der Waals surface area contributed by atoms with Crippen molar-refractivity contribution >= 4 is 5.82 Å². The molecule has 0 spiro atoms. The van der Waals surface area contributed by atoms with Crippen molar-refractivity contribution in [3.05, 3.63) is 48.2 Å². The van der Waals surface area contributed by atoms with Crippen LogP contribution in [0.2, 0.25) is 0 Å². The van der Waals surface area contributed by atoms with Gasteiger partial charge in [0.2, 0.25) is 0 Å². The Bertz CT molecular complexity index is 431. The van der Waals surface area contributed by atoms with E-state index in [1.54, 1.807) is 0 Å². The van der Waals surface area contributed by atoms with E-state index in [1.165, 1.54) is 5.56 Å². The molecule has 1 aromatic heterocycles. The van der Waals surface area contributed by atoms with E-state index >= 15 is 0 Å². The van der Waals surface area contributed by atoms with Crippen molar-refractivity contribution in [1.29, 1.82) is 0 Å². The minimum absolute atomic E-state index is 0.422. The van der Waals surface area contributed by atoms with Crippen molar-refractivity contribution in [2.45, 2.75) is 26.4 Å². The maximum absolute atomic E-state index is 4.32. The fourth-order valence-corrected chi connectivity index (χ4v) is 1.63. The number of nitrogens with zero attached hydrogens (tertiary/aromatic N) is 2. The van der Waals surface area contributed by atoms with Crippen LogP contribution in [0, 0.1) is 0 Å². The zero-order chi connectivity index (χ0) is 11.4. The molecule has 2 aromatic rings. The highest BCUT2D eigenvalue weighted by atomic mass is 15.3. The summed E-state index contributed by atoms with van der Waals surface area (Å²) in [6.45, 7) is 5.06. The van der Waals surface area contributed by atoms with Crippen LogP contribution in [-0.4, -0.2) is 15.8 Å². The molecule has 2 rings (SSSR count). The van der Waals surface area contributed by atoms with E-state index in [1.807, 2.05) is 35.1 Å². The highest BCUT2D eigenvalue weighted by Gasteiger charge is 2.03. The van der Waals surface area contributed by atoms with E-state index in [0.717, 1.165) is 12.4 Å². The van der Waals surface area contributed by atoms with Gasteiger partial charge in [0.15, 0.2) is 0 Å². The van der Waals surface area contributed by atoms with Gasteiger partial charge in [0.05, 0.1) is 12.7 Å². The second-order valence-electron chi connectivity index (χ2n) is 4.16. The first-order valence-electron chi connectivity index (χ1n) is 5.58. The van der Waals surface area contributed by atoms with Crippen molar-refractivity contribution in [3.63, 3.8) is 0 Å². The van der Waals surface area contributed by atoms with E-state index in [0.29, 0.717) is 6.04 Å². The Balaban J connectivity index is 2.13. The maximum Gasteiger partial charge on any atom is 0.124 e. The number of anilines is 1. The smallest absolute Gasteiger partial charge is 0.124 e. The number of rotatable bonds is 4. The van der Waals surface area contributed by atoms with Crippen LogP contribution < -0.4 is 5.32 Å². The van der Waals surface area contributed by atoms with Crippen molar-refractivity contribution in [1.82, 2.24) is 9.78 Å². The minimum atomic E-state index is 0.422. The molecule has 0 fully saturated rings. The van der Waals surface area contributed by atoms with Gasteiger partial charge in [0.25, 0.3) is 0 Å². The zero-order valence-corrected chi connectivity index (χ0v) is 9.72. The van der Waals surface area contributed by atoms with Crippen LogP contribution in [0.3, 0.4) is 0 Å². The first-order valence-corrected chi connectivity index (χ1v) is 5.58. The second-order valence-corrected chi connectivity index (χ2v) is 4.16. The highest BCUT2D eigenvalue weighted by Crippen LogP contribution is 2.10. The van der Waals surface area contributed by atoms with Crippen LogP contribution in [0.25, 0.3) is 0 Å². The molecular weight excluding hydrogens is 198 g/mol. The molecule has 0 saturated carbocycles. The SMILES string of the molecule is CC(C)Nc1ccnn1Cc1ccccc1. The van der Waals surface area contributed by atoms with Crippen molar-refractivity contribution in [2.75, 3.05) is 5.32 Å². The third kappa shape index (κ3) is 2.63. The Morgan fingerprint density at radius 3 is 2.62 bits per heavy atom. The lowest BCUT2D eigenvalue weighted by Gasteiger charge is -2.12. The summed E-state index contributed by atoms with van der Waals surface area (Å²) in [6, 6.07) is 12.8. The molecule has 0 aliphatic heterocycles. The van der Waals surface area contributed by atoms with E-state index in [-0.39, 0.29) is 0 Å². The summed E-state index contributed by atoms with van der Waals surface area (Å²) in [7, 11) is 0. The van der Waals surface area contributed by atoms with Gasteiger partial charge in [0, 0.05) is 12.1 Å². The summed E-state index contributed by atoms with van der Waals surface area (Å²) in [5.41, 5.74) is 1.26. The zero-order valence-electron chi connectivity index (χ0n) is 9.72. The lowest BCUT2D eigenvalue weighted by atomic mass is 10.2. The van der Waals surface area contributed by atoms with Gasteiger partial charge in [0.1, 0.15) is 5.82 Å². The van der Waals surface area contributed by atoms with Crippen LogP contribution in [-0.2, 0) is 6.54 Å². The Morgan fingerprint density at radius 1 is 1.19 bits per heavy atom. The molecule has 0 bridgehead atoms. The van der Waals surface area contributed by atoms with E-state index in [2.05, 4.69) is 36.4 Å². The third-order valence-electron chi connectivity index (χ3n) is 2.33. The number of hydrogen-bond acceptors (Lipinski definition) is 2. The summed E-state index contributed by atoms with van der Waals surface area (Å²) in [6.07, 6.45) is 1.83. The van der Waals surface area contributed by atoms with Gasteiger partial charge in [-0.25, -0.2) is 4.68 Å². The quantitative estimate of drug-likeness (QED) is 0.850. The molecule has 0 aliphatic rings. The number of hydrogen-bond donors (Lipinski definition) is 1. The Morgan fingerprint density at radius 2 is 1.94 bits per heavy atom. The van der Waals surface area contributed by atoms with Crippen LogP contribution in [0.1, 0.15) is 19.4 Å². The molecule has 0 aliphatic carbocycles. The van der Waals surface area contributed by atoms with Crippen LogP contribution in [0.4, 0.5) is 5.82 Å². The number of nitrogens with one attached hydrogen (secondary N) is 1. The van der Waals surface area contributed by atoms with Crippen LogP contribution in [0.5, 0.6) is 0 Å². The summed E-state index contributed by atoms with van der Waals surface area (Å²) in [5.74, 6) is 1.07. The van der Waals surface area contributed by atoms with Crippen molar-refractivity contribution < 1.29 is 0 Å². The molecule has 3 heteroatoms. The molecule has 0 atom stereocenters. The summed E-state index contributed by atoms with van der Waals surface area (Å²) < 4.78 is 1.98. The molecule has 84 valence electrons. The van der Waals surface area contributed by atoms with Gasteiger partial charge in [-0.3, -0.25) is 0 Å². The van der Waals surface area contributed by atoms with Crippen LogP contribution >= 0.6 is 0 Å². The normalized spacial score (nSPS) is 10.7. The Kier molecular flexibility index (Phi) is 3.25. The molecule has 3 nitrogen and oxygen atoms in total. The summed E-state index contributed by atoms with van der Waals surface area (Å²) in [5, 5.41) is 7.69. The van der Waals surface area contributed by atoms with E-state index < -0.39 is 0 Å². The predicted molar refractivity (Wildman–Crippen MR) is 66.5 cm³/mol. The summed E-state index contributed by atoms with van der Waals surface area (Å²) in [4.78, 5) is 0. The molecule has 0 amide bonds. The molecule has 0 unspecified atom stereocenters. The predicted octanol–water partition coefficient (Wildman–Crippen LogP) is 2.75. The van der Waals surface area contributed by atoms with Gasteiger partial charge in [-0.1, -0.05) is 30.3 Å². The maximum atomic E-state index is 4.32. The fraction of sp³-hybridized carbons (Fsp3) is 0.308. The van der Waals surface area contributed by atoms with E-state index in [4.69, 9.17) is 0 Å². The molecule has 0 radical (unpaired) electrons. The third-order valence-corrected chi connectivity index (χ3v) is 2.33. The first kappa shape index (κ1) is 10.7. The Labute approximate surface area is 96.1 Å². The minimum Gasteiger partial charge on any atom is -0.368 e. The molecular formula is C13H17N3. The summed E-state index contributed by atoms with van der Waals surface area (Å²) >= 11 is 0. The monoisotopic (exact) mass is 215 g/mol. The second kappa shape index (κ2) is 4.84. The van der Waals surface area contributed by atoms with Crippen molar-refractivity contribution in [2.24, 2.45) is 0 Å². The molecule has 1 aromatic carbocycles. The Hall–Kier alpha value is -1.77. The topological polar surface area (TPSA) is 29.9 Å².